The van der Waals surface area contributed by atoms with E-state index in [0.717, 1.165) is 21.7 Å². The van der Waals surface area contributed by atoms with E-state index in [0.29, 0.717) is 18.1 Å². The molecule has 0 aliphatic heterocycles. The van der Waals surface area contributed by atoms with Gasteiger partial charge in [-0.2, -0.15) is 5.10 Å². The number of hydrogen-bond acceptors (Lipinski definition) is 4. The summed E-state index contributed by atoms with van der Waals surface area (Å²) in [7, 11) is 0. The molecule has 1 aromatic heterocycles. The summed E-state index contributed by atoms with van der Waals surface area (Å²) in [6.07, 6.45) is 1.68. The number of thioether (sulfide) groups is 1. The molecule has 0 aliphatic rings. The zero-order chi connectivity index (χ0) is 15.2. The highest BCUT2D eigenvalue weighted by Crippen LogP contribution is 2.22. The smallest absolute Gasteiger partial charge is 0.138 e. The van der Waals surface area contributed by atoms with Crippen LogP contribution in [0.3, 0.4) is 0 Å². The van der Waals surface area contributed by atoms with Crippen molar-refractivity contribution in [3.8, 4) is 0 Å². The number of benzene rings is 1. The third-order valence-corrected chi connectivity index (χ3v) is 4.59. The van der Waals surface area contributed by atoms with Gasteiger partial charge in [0.25, 0.3) is 0 Å². The molecule has 0 radical (unpaired) electrons. The van der Waals surface area contributed by atoms with E-state index >= 15 is 0 Å². The molecule has 0 spiro atoms. The average Bonchev–Trinajstić information content (AvgIpc) is 2.84. The zero-order valence-corrected chi connectivity index (χ0v) is 14.6. The number of rotatable bonds is 7. The summed E-state index contributed by atoms with van der Waals surface area (Å²) in [5.74, 6) is 2.02. The molecule has 2 aromatic rings. The Labute approximate surface area is 138 Å². The number of aromatic nitrogens is 3. The minimum atomic E-state index is -0.422. The van der Waals surface area contributed by atoms with Crippen molar-refractivity contribution in [2.45, 2.75) is 37.8 Å². The summed E-state index contributed by atoms with van der Waals surface area (Å²) in [5.41, 5.74) is 0. The highest BCUT2D eigenvalue weighted by molar-refractivity contribution is 9.10. The second kappa shape index (κ2) is 7.96. The largest absolute Gasteiger partial charge is 0.392 e. The normalized spacial score (nSPS) is 12.8. The first kappa shape index (κ1) is 16.5. The van der Waals surface area contributed by atoms with E-state index in [-0.39, 0.29) is 0 Å². The highest BCUT2D eigenvalue weighted by Gasteiger charge is 2.12. The maximum Gasteiger partial charge on any atom is 0.138 e. The van der Waals surface area contributed by atoms with Gasteiger partial charge in [0.2, 0.25) is 0 Å². The third kappa shape index (κ3) is 5.45. The van der Waals surface area contributed by atoms with E-state index in [1.165, 1.54) is 0 Å². The topological polar surface area (TPSA) is 50.9 Å². The maximum absolute atomic E-state index is 10.2. The van der Waals surface area contributed by atoms with Crippen molar-refractivity contribution in [2.75, 3.05) is 5.75 Å². The highest BCUT2D eigenvalue weighted by atomic mass is 79.9. The van der Waals surface area contributed by atoms with Gasteiger partial charge < -0.3 is 5.11 Å². The Kier molecular flexibility index (Phi) is 6.26. The SMILES string of the molecule is CC(C)Cn1ncnc1CC(O)CSc1ccc(Br)cc1. The van der Waals surface area contributed by atoms with Crippen LogP contribution in [0.4, 0.5) is 0 Å². The molecule has 1 atom stereocenters. The number of aliphatic hydroxyl groups excluding tert-OH is 1. The van der Waals surface area contributed by atoms with Gasteiger partial charge in [0.15, 0.2) is 0 Å². The van der Waals surface area contributed by atoms with Crippen molar-refractivity contribution in [1.29, 1.82) is 0 Å². The van der Waals surface area contributed by atoms with Crippen molar-refractivity contribution in [3.63, 3.8) is 0 Å². The van der Waals surface area contributed by atoms with Crippen LogP contribution in [0.25, 0.3) is 0 Å². The Morgan fingerprint density at radius 2 is 2.00 bits per heavy atom. The quantitative estimate of drug-likeness (QED) is 0.759. The fraction of sp³-hybridized carbons (Fsp3) is 0.467. The molecule has 21 heavy (non-hydrogen) atoms. The molecule has 0 aliphatic carbocycles. The maximum atomic E-state index is 10.2. The molecule has 114 valence electrons. The molecule has 1 unspecified atom stereocenters. The predicted molar refractivity (Wildman–Crippen MR) is 89.4 cm³/mol. The first-order valence-electron chi connectivity index (χ1n) is 6.97. The monoisotopic (exact) mass is 369 g/mol. The first-order chi connectivity index (χ1) is 10.0. The van der Waals surface area contributed by atoms with Crippen molar-refractivity contribution in [3.05, 3.63) is 40.9 Å². The van der Waals surface area contributed by atoms with Crippen LogP contribution in [0.5, 0.6) is 0 Å². The molecular formula is C15H20BrN3OS. The van der Waals surface area contributed by atoms with Gasteiger partial charge in [0.05, 0.1) is 6.10 Å². The van der Waals surface area contributed by atoms with Crippen molar-refractivity contribution in [1.82, 2.24) is 14.8 Å². The van der Waals surface area contributed by atoms with Crippen LogP contribution in [0.2, 0.25) is 0 Å². The average molecular weight is 370 g/mol. The summed E-state index contributed by atoms with van der Waals surface area (Å²) in [6, 6.07) is 8.10. The molecule has 4 nitrogen and oxygen atoms in total. The van der Waals surface area contributed by atoms with Gasteiger partial charge in [-0.15, -0.1) is 11.8 Å². The summed E-state index contributed by atoms with van der Waals surface area (Å²) in [6.45, 7) is 5.12. The van der Waals surface area contributed by atoms with E-state index in [2.05, 4.69) is 39.9 Å². The first-order valence-corrected chi connectivity index (χ1v) is 8.75. The van der Waals surface area contributed by atoms with Crippen LogP contribution in [0.15, 0.2) is 40.0 Å². The molecule has 0 amide bonds. The summed E-state index contributed by atoms with van der Waals surface area (Å²) in [5, 5.41) is 14.4. The lowest BCUT2D eigenvalue weighted by Crippen LogP contribution is -2.19. The van der Waals surface area contributed by atoms with Gasteiger partial charge in [-0.05, 0) is 30.2 Å². The Bertz CT molecular complexity index is 556. The number of hydrogen-bond donors (Lipinski definition) is 1. The summed E-state index contributed by atoms with van der Waals surface area (Å²) in [4.78, 5) is 5.41. The van der Waals surface area contributed by atoms with Crippen molar-refractivity contribution in [2.24, 2.45) is 5.92 Å². The number of nitrogens with zero attached hydrogens (tertiary/aromatic N) is 3. The van der Waals surface area contributed by atoms with Crippen molar-refractivity contribution >= 4 is 27.7 Å². The summed E-state index contributed by atoms with van der Waals surface area (Å²) >= 11 is 5.07. The van der Waals surface area contributed by atoms with Gasteiger partial charge in [0.1, 0.15) is 12.2 Å². The minimum Gasteiger partial charge on any atom is -0.392 e. The van der Waals surface area contributed by atoms with Crippen LogP contribution in [-0.2, 0) is 13.0 Å². The lowest BCUT2D eigenvalue weighted by molar-refractivity contribution is 0.195. The lowest BCUT2D eigenvalue weighted by atomic mass is 10.2. The third-order valence-electron chi connectivity index (χ3n) is 2.91. The fourth-order valence-corrected chi connectivity index (χ4v) is 3.03. The molecule has 0 bridgehead atoms. The molecule has 6 heteroatoms. The van der Waals surface area contributed by atoms with E-state index in [1.54, 1.807) is 18.1 Å². The Balaban J connectivity index is 1.85. The van der Waals surface area contributed by atoms with E-state index in [1.807, 2.05) is 28.9 Å². The fourth-order valence-electron chi connectivity index (χ4n) is 1.94. The Hall–Kier alpha value is -0.850. The molecule has 2 rings (SSSR count). The van der Waals surface area contributed by atoms with Gasteiger partial charge in [-0.25, -0.2) is 9.67 Å². The van der Waals surface area contributed by atoms with E-state index < -0.39 is 6.10 Å². The molecule has 0 fully saturated rings. The summed E-state index contributed by atoms with van der Waals surface area (Å²) < 4.78 is 2.95. The molecule has 1 heterocycles. The molecular weight excluding hydrogens is 350 g/mol. The van der Waals surface area contributed by atoms with E-state index in [9.17, 15) is 5.11 Å². The number of halogens is 1. The van der Waals surface area contributed by atoms with Gasteiger partial charge in [0, 0.05) is 28.1 Å². The van der Waals surface area contributed by atoms with Crippen LogP contribution >= 0.6 is 27.7 Å². The van der Waals surface area contributed by atoms with Crippen LogP contribution in [0.1, 0.15) is 19.7 Å². The Morgan fingerprint density at radius 1 is 1.29 bits per heavy atom. The van der Waals surface area contributed by atoms with Crippen LogP contribution in [-0.4, -0.2) is 31.7 Å². The van der Waals surface area contributed by atoms with Crippen LogP contribution in [0, 0.1) is 5.92 Å². The second-order valence-electron chi connectivity index (χ2n) is 5.38. The second-order valence-corrected chi connectivity index (χ2v) is 7.38. The molecule has 1 N–H and O–H groups in total. The zero-order valence-electron chi connectivity index (χ0n) is 12.2. The molecule has 0 saturated heterocycles. The minimum absolute atomic E-state index is 0.422. The predicted octanol–water partition coefficient (Wildman–Crippen LogP) is 3.39. The van der Waals surface area contributed by atoms with Gasteiger partial charge in [-0.1, -0.05) is 29.8 Å². The van der Waals surface area contributed by atoms with Gasteiger partial charge in [-0.3, -0.25) is 0 Å². The number of aliphatic hydroxyl groups is 1. The van der Waals surface area contributed by atoms with Gasteiger partial charge >= 0.3 is 0 Å². The lowest BCUT2D eigenvalue weighted by Gasteiger charge is -2.12. The Morgan fingerprint density at radius 3 is 2.67 bits per heavy atom. The van der Waals surface area contributed by atoms with Crippen LogP contribution < -0.4 is 0 Å². The molecule has 1 aromatic carbocycles. The standard InChI is InChI=1S/C15H20BrN3OS/c1-11(2)8-19-15(17-10-18-19)7-13(20)9-21-14-5-3-12(16)4-6-14/h3-6,10-11,13,20H,7-9H2,1-2H3. The molecule has 0 saturated carbocycles. The van der Waals surface area contributed by atoms with E-state index in [4.69, 9.17) is 0 Å². The van der Waals surface area contributed by atoms with Crippen molar-refractivity contribution < 1.29 is 5.11 Å².